The zero-order valence-electron chi connectivity index (χ0n) is 17.4. The van der Waals surface area contributed by atoms with Gasteiger partial charge < -0.3 is 14.6 Å². The predicted octanol–water partition coefficient (Wildman–Crippen LogP) is 4.80. The van der Waals surface area contributed by atoms with Crippen molar-refractivity contribution in [3.05, 3.63) is 59.9 Å². The number of likely N-dealkylation sites (tertiary alicyclic amines) is 1. The number of aromatic amines is 1. The highest BCUT2D eigenvalue weighted by Crippen LogP contribution is 2.35. The monoisotopic (exact) mass is 440 g/mol. The Labute approximate surface area is 185 Å². The lowest BCUT2D eigenvalue weighted by Gasteiger charge is -2.31. The van der Waals surface area contributed by atoms with Crippen LogP contribution >= 0.6 is 11.8 Å². The van der Waals surface area contributed by atoms with Gasteiger partial charge in [0, 0.05) is 34.5 Å². The summed E-state index contributed by atoms with van der Waals surface area (Å²) in [6, 6.07) is 14.3. The molecule has 0 aliphatic carbocycles. The number of nitrogens with one attached hydrogen (secondary N) is 1. The number of halogens is 1. The minimum atomic E-state index is -0.294. The number of hydrogen-bond acceptors (Lipinski definition) is 4. The zero-order chi connectivity index (χ0) is 21.8. The third kappa shape index (κ3) is 4.93. The molecule has 1 fully saturated rings. The number of piperidine rings is 1. The van der Waals surface area contributed by atoms with Crippen molar-refractivity contribution >= 4 is 34.5 Å². The van der Waals surface area contributed by atoms with Gasteiger partial charge in [-0.1, -0.05) is 36.0 Å². The van der Waals surface area contributed by atoms with Crippen LogP contribution in [0.4, 0.5) is 4.39 Å². The fraction of sp³-hybridized carbons (Fsp3) is 0.333. The van der Waals surface area contributed by atoms with Gasteiger partial charge in [0.15, 0.2) is 0 Å². The lowest BCUT2D eigenvalue weighted by atomic mass is 9.97. The summed E-state index contributed by atoms with van der Waals surface area (Å²) in [6.07, 6.45) is 1.75. The van der Waals surface area contributed by atoms with Crippen molar-refractivity contribution in [2.45, 2.75) is 36.1 Å². The number of para-hydroxylation sites is 1. The largest absolute Gasteiger partial charge is 0.466 e. The van der Waals surface area contributed by atoms with Crippen molar-refractivity contribution < 1.29 is 18.7 Å². The molecule has 5 nitrogen and oxygen atoms in total. The first-order chi connectivity index (χ1) is 15.0. The van der Waals surface area contributed by atoms with E-state index in [-0.39, 0.29) is 30.0 Å². The molecule has 4 rings (SSSR count). The van der Waals surface area contributed by atoms with Crippen LogP contribution in [0, 0.1) is 11.7 Å². The number of carbonyl (C=O) groups is 2. The van der Waals surface area contributed by atoms with Gasteiger partial charge in [-0.25, -0.2) is 4.39 Å². The number of H-pyrrole nitrogens is 1. The van der Waals surface area contributed by atoms with Crippen molar-refractivity contribution in [2.75, 3.05) is 19.7 Å². The quantitative estimate of drug-likeness (QED) is 0.559. The van der Waals surface area contributed by atoms with E-state index < -0.39 is 0 Å². The third-order valence-electron chi connectivity index (χ3n) is 5.51. The van der Waals surface area contributed by atoms with E-state index in [4.69, 9.17) is 4.74 Å². The van der Waals surface area contributed by atoms with Crippen LogP contribution < -0.4 is 0 Å². The first-order valence-electron chi connectivity index (χ1n) is 10.5. The number of nitrogens with zero attached hydrogens (tertiary/aromatic N) is 1. The van der Waals surface area contributed by atoms with Crippen LogP contribution in [0.2, 0.25) is 0 Å². The summed E-state index contributed by atoms with van der Waals surface area (Å²) in [5.41, 5.74) is 1.83. The van der Waals surface area contributed by atoms with Gasteiger partial charge >= 0.3 is 5.97 Å². The highest BCUT2D eigenvalue weighted by molar-refractivity contribution is 7.99. The van der Waals surface area contributed by atoms with Crippen LogP contribution in [-0.2, 0) is 20.7 Å². The number of ether oxygens (including phenoxy) is 1. The second kappa shape index (κ2) is 9.56. The van der Waals surface area contributed by atoms with Gasteiger partial charge in [0.2, 0.25) is 5.91 Å². The molecule has 1 unspecified atom stereocenters. The van der Waals surface area contributed by atoms with Gasteiger partial charge in [0.05, 0.1) is 24.0 Å². The summed E-state index contributed by atoms with van der Waals surface area (Å²) < 4.78 is 18.8. The standard InChI is InChI=1S/C24H25FN2O3S/c1-2-30-24(29)16-7-6-12-27(15-16)22(28)14-20-19-10-3-4-11-21(19)26-23(20)31-18-9-5-8-17(25)13-18/h3-5,8-11,13,16,26H,2,6-7,12,14-15H2,1H3. The molecular weight excluding hydrogens is 415 g/mol. The fourth-order valence-corrected chi connectivity index (χ4v) is 5.03. The molecule has 0 radical (unpaired) electrons. The summed E-state index contributed by atoms with van der Waals surface area (Å²) >= 11 is 1.41. The van der Waals surface area contributed by atoms with Crippen LogP contribution in [0.25, 0.3) is 10.9 Å². The molecule has 2 heterocycles. The van der Waals surface area contributed by atoms with Crippen LogP contribution in [0.3, 0.4) is 0 Å². The Balaban J connectivity index is 1.57. The van der Waals surface area contributed by atoms with E-state index in [2.05, 4.69) is 4.98 Å². The Hall–Kier alpha value is -2.80. The van der Waals surface area contributed by atoms with Crippen LogP contribution in [0.5, 0.6) is 0 Å². The molecule has 1 aromatic heterocycles. The highest BCUT2D eigenvalue weighted by Gasteiger charge is 2.30. The van der Waals surface area contributed by atoms with Crippen LogP contribution in [0.1, 0.15) is 25.3 Å². The highest BCUT2D eigenvalue weighted by atomic mass is 32.2. The summed E-state index contributed by atoms with van der Waals surface area (Å²) in [7, 11) is 0. The van der Waals surface area contributed by atoms with Crippen molar-refractivity contribution in [1.82, 2.24) is 9.88 Å². The number of rotatable bonds is 6. The Morgan fingerprint density at radius 3 is 2.87 bits per heavy atom. The molecule has 7 heteroatoms. The number of aromatic nitrogens is 1. The van der Waals surface area contributed by atoms with E-state index in [0.29, 0.717) is 19.7 Å². The molecule has 1 aliphatic heterocycles. The molecule has 3 aromatic rings. The summed E-state index contributed by atoms with van der Waals surface area (Å²) in [6.45, 7) is 3.17. The first-order valence-corrected chi connectivity index (χ1v) is 11.3. The van der Waals surface area contributed by atoms with Crippen molar-refractivity contribution in [2.24, 2.45) is 5.92 Å². The van der Waals surface area contributed by atoms with E-state index in [0.717, 1.165) is 39.2 Å². The van der Waals surface area contributed by atoms with E-state index >= 15 is 0 Å². The molecule has 1 saturated heterocycles. The summed E-state index contributed by atoms with van der Waals surface area (Å²) in [5, 5.41) is 1.81. The number of fused-ring (bicyclic) bond motifs is 1. The van der Waals surface area contributed by atoms with E-state index in [1.54, 1.807) is 17.9 Å². The van der Waals surface area contributed by atoms with Crippen LogP contribution in [-0.4, -0.2) is 41.5 Å². The number of benzene rings is 2. The second-order valence-electron chi connectivity index (χ2n) is 7.65. The molecule has 0 bridgehead atoms. The van der Waals surface area contributed by atoms with E-state index in [1.807, 2.05) is 30.3 Å². The topological polar surface area (TPSA) is 62.4 Å². The van der Waals surface area contributed by atoms with Gasteiger partial charge in [-0.3, -0.25) is 9.59 Å². The average Bonchev–Trinajstić information content (AvgIpc) is 3.11. The molecule has 1 amide bonds. The SMILES string of the molecule is CCOC(=O)C1CCCN(C(=O)Cc2c(Sc3cccc(F)c3)[nH]c3ccccc23)C1. The van der Waals surface area contributed by atoms with Gasteiger partial charge in [0.1, 0.15) is 5.82 Å². The number of hydrogen-bond donors (Lipinski definition) is 1. The van der Waals surface area contributed by atoms with Gasteiger partial charge in [0.25, 0.3) is 0 Å². The van der Waals surface area contributed by atoms with Gasteiger partial charge in [-0.05, 0) is 44.0 Å². The average molecular weight is 441 g/mol. The lowest BCUT2D eigenvalue weighted by Crippen LogP contribution is -2.43. The molecule has 31 heavy (non-hydrogen) atoms. The Kier molecular flexibility index (Phi) is 6.61. The van der Waals surface area contributed by atoms with Crippen molar-refractivity contribution in [3.8, 4) is 0 Å². The maximum absolute atomic E-state index is 13.7. The molecule has 1 aliphatic rings. The lowest BCUT2D eigenvalue weighted by molar-refractivity contribution is -0.151. The molecular formula is C24H25FN2O3S. The summed E-state index contributed by atoms with van der Waals surface area (Å²) in [5.74, 6) is -0.798. The Morgan fingerprint density at radius 1 is 1.23 bits per heavy atom. The molecule has 1 atom stereocenters. The summed E-state index contributed by atoms with van der Waals surface area (Å²) in [4.78, 5) is 31.2. The minimum Gasteiger partial charge on any atom is -0.466 e. The predicted molar refractivity (Wildman–Crippen MR) is 118 cm³/mol. The van der Waals surface area contributed by atoms with Crippen LogP contribution in [0.15, 0.2) is 58.5 Å². The molecule has 162 valence electrons. The number of carbonyl (C=O) groups excluding carboxylic acids is 2. The fourth-order valence-electron chi connectivity index (χ4n) is 4.01. The molecule has 0 spiro atoms. The maximum Gasteiger partial charge on any atom is 0.310 e. The molecule has 1 N–H and O–H groups in total. The Morgan fingerprint density at radius 2 is 2.06 bits per heavy atom. The molecule has 0 saturated carbocycles. The normalized spacial score (nSPS) is 16.5. The first kappa shape index (κ1) is 21.4. The molecule has 2 aromatic carbocycles. The van der Waals surface area contributed by atoms with E-state index in [9.17, 15) is 14.0 Å². The van der Waals surface area contributed by atoms with Gasteiger partial charge in [-0.15, -0.1) is 0 Å². The Bertz CT molecular complexity index is 1100. The van der Waals surface area contributed by atoms with E-state index in [1.165, 1.54) is 23.9 Å². The number of esters is 1. The van der Waals surface area contributed by atoms with Gasteiger partial charge in [-0.2, -0.15) is 0 Å². The minimum absolute atomic E-state index is 0.0140. The third-order valence-corrected chi connectivity index (χ3v) is 6.55. The number of amides is 1. The maximum atomic E-state index is 13.7. The van der Waals surface area contributed by atoms with Crippen molar-refractivity contribution in [3.63, 3.8) is 0 Å². The smallest absolute Gasteiger partial charge is 0.310 e. The second-order valence-corrected chi connectivity index (χ2v) is 8.73. The van der Waals surface area contributed by atoms with Crippen molar-refractivity contribution in [1.29, 1.82) is 0 Å². The zero-order valence-corrected chi connectivity index (χ0v) is 18.2.